The first-order valence-electron chi connectivity index (χ1n) is 11.6. The smallest absolute Gasteiger partial charge is 0.225 e. The number of hydrogen-bond acceptors (Lipinski definition) is 7. The molecule has 2 aromatic carbocycles. The van der Waals surface area contributed by atoms with Gasteiger partial charge in [-0.15, -0.1) is 0 Å². The average Bonchev–Trinajstić information content (AvgIpc) is 2.85. The zero-order valence-corrected chi connectivity index (χ0v) is 22.0. The van der Waals surface area contributed by atoms with Crippen molar-refractivity contribution in [1.82, 2.24) is 15.3 Å². The van der Waals surface area contributed by atoms with Gasteiger partial charge in [0.2, 0.25) is 5.95 Å². The zero-order chi connectivity index (χ0) is 24.9. The lowest BCUT2D eigenvalue weighted by atomic mass is 9.91. The van der Waals surface area contributed by atoms with Gasteiger partial charge in [-0.1, -0.05) is 23.7 Å². The summed E-state index contributed by atoms with van der Waals surface area (Å²) in [6, 6.07) is 12.2. The van der Waals surface area contributed by atoms with E-state index < -0.39 is 0 Å². The highest BCUT2D eigenvalue weighted by molar-refractivity contribution is 7.80. The maximum atomic E-state index is 6.20. The number of rotatable bonds is 7. The van der Waals surface area contributed by atoms with Crippen molar-refractivity contribution >= 4 is 57.3 Å². The van der Waals surface area contributed by atoms with Crippen LogP contribution in [-0.4, -0.2) is 55.5 Å². The predicted molar refractivity (Wildman–Crippen MR) is 147 cm³/mol. The largest absolute Gasteiger partial charge is 0.495 e. The van der Waals surface area contributed by atoms with Crippen molar-refractivity contribution < 1.29 is 9.47 Å². The second kappa shape index (κ2) is 11.1. The molecule has 0 radical (unpaired) electrons. The molecular weight excluding hydrogens is 484 g/mol. The summed E-state index contributed by atoms with van der Waals surface area (Å²) in [6.45, 7) is 0. The van der Waals surface area contributed by atoms with Gasteiger partial charge in [-0.3, -0.25) is 0 Å². The Balaban J connectivity index is 1.34. The molecule has 1 aliphatic carbocycles. The molecule has 0 bridgehead atoms. The number of hydrogen-bond donors (Lipinski definition) is 3. The third kappa shape index (κ3) is 5.97. The number of aromatic nitrogens is 2. The molecule has 1 saturated carbocycles. The summed E-state index contributed by atoms with van der Waals surface area (Å²) in [6.07, 6.45) is 3.95. The SMILES string of the molecule is COc1cc(NC(=S)NC2CCC(Nc3nc(N(C)C)c4ccccc4n3)CC2)c(OC)cc1Cl. The molecule has 0 amide bonds. The highest BCUT2D eigenvalue weighted by atomic mass is 35.5. The first-order valence-corrected chi connectivity index (χ1v) is 12.4. The highest BCUT2D eigenvalue weighted by Gasteiger charge is 2.23. The van der Waals surface area contributed by atoms with Crippen LogP contribution in [0.15, 0.2) is 36.4 Å². The molecule has 1 heterocycles. The van der Waals surface area contributed by atoms with Crippen LogP contribution in [0.5, 0.6) is 11.5 Å². The van der Waals surface area contributed by atoms with Crippen molar-refractivity contribution in [1.29, 1.82) is 0 Å². The lowest BCUT2D eigenvalue weighted by Crippen LogP contribution is -2.42. The maximum absolute atomic E-state index is 6.20. The predicted octanol–water partition coefficient (Wildman–Crippen LogP) is 5.08. The van der Waals surface area contributed by atoms with E-state index in [0.29, 0.717) is 39.3 Å². The highest BCUT2D eigenvalue weighted by Crippen LogP contribution is 2.36. The summed E-state index contributed by atoms with van der Waals surface area (Å²) in [4.78, 5) is 11.5. The molecule has 0 unspecified atom stereocenters. The lowest BCUT2D eigenvalue weighted by Gasteiger charge is -2.30. The standard InChI is InChI=1S/C25H31ClN6O2S/c1-32(2)23-17-7-5-6-8-19(17)29-24(31-23)27-15-9-11-16(12-10-15)28-25(35)30-20-14-21(33-3)18(26)13-22(20)34-4/h5-8,13-16H,9-12H2,1-4H3,(H,27,29,31)(H2,28,30,35). The van der Waals surface area contributed by atoms with Crippen LogP contribution < -0.4 is 30.3 Å². The van der Waals surface area contributed by atoms with E-state index in [4.69, 9.17) is 43.3 Å². The molecule has 10 heteroatoms. The Hall–Kier alpha value is -3.04. The van der Waals surface area contributed by atoms with Crippen LogP contribution in [0.25, 0.3) is 10.9 Å². The van der Waals surface area contributed by atoms with Crippen LogP contribution in [0.4, 0.5) is 17.5 Å². The normalized spacial score (nSPS) is 17.5. The number of fused-ring (bicyclic) bond motifs is 1. The number of halogens is 1. The van der Waals surface area contributed by atoms with Crippen molar-refractivity contribution in [3.63, 3.8) is 0 Å². The third-order valence-electron chi connectivity index (χ3n) is 6.12. The van der Waals surface area contributed by atoms with Gasteiger partial charge in [0.25, 0.3) is 0 Å². The van der Waals surface area contributed by atoms with E-state index in [-0.39, 0.29) is 6.04 Å². The van der Waals surface area contributed by atoms with Gasteiger partial charge in [-0.25, -0.2) is 4.98 Å². The van der Waals surface area contributed by atoms with Crippen LogP contribution in [0, 0.1) is 0 Å². The topological polar surface area (TPSA) is 83.6 Å². The minimum atomic E-state index is 0.281. The van der Waals surface area contributed by atoms with Gasteiger partial charge in [0, 0.05) is 43.7 Å². The van der Waals surface area contributed by atoms with Crippen LogP contribution in [0.1, 0.15) is 25.7 Å². The van der Waals surface area contributed by atoms with Crippen LogP contribution in [0.2, 0.25) is 5.02 Å². The number of methoxy groups -OCH3 is 2. The number of nitrogens with zero attached hydrogens (tertiary/aromatic N) is 3. The maximum Gasteiger partial charge on any atom is 0.225 e. The van der Waals surface area contributed by atoms with Crippen LogP contribution >= 0.6 is 23.8 Å². The summed E-state index contributed by atoms with van der Waals surface area (Å²) in [5.41, 5.74) is 1.64. The number of benzene rings is 2. The molecule has 8 nitrogen and oxygen atoms in total. The fraction of sp³-hybridized carbons (Fsp3) is 0.400. The van der Waals surface area contributed by atoms with E-state index in [0.717, 1.165) is 42.4 Å². The Morgan fingerprint density at radius 3 is 2.37 bits per heavy atom. The molecule has 1 fully saturated rings. The quantitative estimate of drug-likeness (QED) is 0.374. The summed E-state index contributed by atoms with van der Waals surface area (Å²) >= 11 is 11.8. The third-order valence-corrected chi connectivity index (χ3v) is 6.64. The number of anilines is 3. The van der Waals surface area contributed by atoms with E-state index in [1.165, 1.54) is 0 Å². The molecule has 3 N–H and O–H groups in total. The number of nitrogens with one attached hydrogen (secondary N) is 3. The second-order valence-electron chi connectivity index (χ2n) is 8.76. The van der Waals surface area contributed by atoms with Gasteiger partial charge >= 0.3 is 0 Å². The van der Waals surface area contributed by atoms with Crippen molar-refractivity contribution in [2.45, 2.75) is 37.8 Å². The Morgan fingerprint density at radius 1 is 1.00 bits per heavy atom. The van der Waals surface area contributed by atoms with E-state index in [9.17, 15) is 0 Å². The molecule has 35 heavy (non-hydrogen) atoms. The summed E-state index contributed by atoms with van der Waals surface area (Å²) < 4.78 is 10.7. The minimum Gasteiger partial charge on any atom is -0.495 e. The first kappa shape index (κ1) is 25.1. The molecule has 0 aliphatic heterocycles. The van der Waals surface area contributed by atoms with Crippen molar-refractivity contribution in [3.8, 4) is 11.5 Å². The molecule has 1 aromatic heterocycles. The molecule has 1 aliphatic rings. The van der Waals surface area contributed by atoms with E-state index >= 15 is 0 Å². The van der Waals surface area contributed by atoms with Crippen molar-refractivity contribution in [3.05, 3.63) is 41.4 Å². The molecule has 0 saturated heterocycles. The average molecular weight is 515 g/mol. The molecule has 0 atom stereocenters. The molecule has 3 aromatic rings. The van der Waals surface area contributed by atoms with Crippen LogP contribution in [-0.2, 0) is 0 Å². The Labute approximate surface area is 216 Å². The van der Waals surface area contributed by atoms with Crippen LogP contribution in [0.3, 0.4) is 0 Å². The van der Waals surface area contributed by atoms with E-state index in [1.54, 1.807) is 26.4 Å². The van der Waals surface area contributed by atoms with Gasteiger partial charge in [0.1, 0.15) is 17.3 Å². The fourth-order valence-electron chi connectivity index (χ4n) is 4.33. The lowest BCUT2D eigenvalue weighted by molar-refractivity contribution is 0.387. The number of thiocarbonyl (C=S) groups is 1. The van der Waals surface area contributed by atoms with Gasteiger partial charge in [-0.2, -0.15) is 4.98 Å². The molecular formula is C25H31ClN6O2S. The molecule has 0 spiro atoms. The van der Waals surface area contributed by atoms with E-state index in [1.807, 2.05) is 37.2 Å². The summed E-state index contributed by atoms with van der Waals surface area (Å²) in [5, 5.41) is 12.3. The molecule has 4 rings (SSSR count). The van der Waals surface area contributed by atoms with E-state index in [2.05, 4.69) is 22.0 Å². The van der Waals surface area contributed by atoms with Gasteiger partial charge in [-0.05, 0) is 50.0 Å². The minimum absolute atomic E-state index is 0.281. The molecule has 186 valence electrons. The zero-order valence-electron chi connectivity index (χ0n) is 20.4. The number of ether oxygens (including phenoxy) is 2. The van der Waals surface area contributed by atoms with Crippen molar-refractivity contribution in [2.24, 2.45) is 0 Å². The van der Waals surface area contributed by atoms with Crippen molar-refractivity contribution in [2.75, 3.05) is 43.8 Å². The summed E-state index contributed by atoms with van der Waals surface area (Å²) in [7, 11) is 7.17. The van der Waals surface area contributed by atoms with Gasteiger partial charge in [0.15, 0.2) is 5.11 Å². The first-order chi connectivity index (χ1) is 16.9. The Morgan fingerprint density at radius 2 is 1.69 bits per heavy atom. The monoisotopic (exact) mass is 514 g/mol. The summed E-state index contributed by atoms with van der Waals surface area (Å²) in [5.74, 6) is 2.74. The van der Waals surface area contributed by atoms with Gasteiger partial charge in [0.05, 0.1) is 30.4 Å². The Bertz CT molecular complexity index is 1200. The number of para-hydroxylation sites is 1. The second-order valence-corrected chi connectivity index (χ2v) is 9.58. The fourth-order valence-corrected chi connectivity index (χ4v) is 4.84. The van der Waals surface area contributed by atoms with Gasteiger partial charge < -0.3 is 30.3 Å². The Kier molecular flexibility index (Phi) is 7.97.